The normalized spacial score (nSPS) is 12.5. The zero-order valence-corrected chi connectivity index (χ0v) is 12.0. The summed E-state index contributed by atoms with van der Waals surface area (Å²) in [5.41, 5.74) is 0.485. The number of aliphatic hydroxyl groups is 1. The summed E-state index contributed by atoms with van der Waals surface area (Å²) in [4.78, 5) is 12.6. The number of anilines is 1. The molecule has 1 atom stereocenters. The number of hydrogen-bond donors (Lipinski definition) is 1. The van der Waals surface area contributed by atoms with Gasteiger partial charge in [0.15, 0.2) is 0 Å². The maximum Gasteiger partial charge on any atom is 0.333 e. The van der Waals surface area contributed by atoms with Crippen molar-refractivity contribution in [2.75, 3.05) is 18.5 Å². The van der Waals surface area contributed by atoms with Gasteiger partial charge in [-0.2, -0.15) is 5.10 Å². The molecule has 0 radical (unpaired) electrons. The van der Waals surface area contributed by atoms with E-state index in [2.05, 4.69) is 5.10 Å². The number of nitro groups is 1. The van der Waals surface area contributed by atoms with Crippen molar-refractivity contribution in [1.29, 1.82) is 0 Å². The Morgan fingerprint density at radius 2 is 2.21 bits per heavy atom. The van der Waals surface area contributed by atoms with E-state index in [0.29, 0.717) is 31.0 Å². The Hall–Kier alpha value is -1.63. The third-order valence-electron chi connectivity index (χ3n) is 2.93. The predicted molar refractivity (Wildman–Crippen MR) is 73.5 cm³/mol. The molecule has 0 aromatic carbocycles. The zero-order chi connectivity index (χ0) is 14.6. The maximum absolute atomic E-state index is 11.2. The smallest absolute Gasteiger partial charge is 0.333 e. The Kier molecular flexibility index (Phi) is 5.29. The number of aryl methyl sites for hydroxylation is 2. The number of aliphatic hydroxyl groups excluding tert-OH is 1. The van der Waals surface area contributed by atoms with Crippen LogP contribution in [0.3, 0.4) is 0 Å². The van der Waals surface area contributed by atoms with Crippen LogP contribution >= 0.6 is 0 Å². The SMILES string of the molecule is CCCn1nc(C)c([N+](=O)[O-])c1N(C)CCC(C)O. The highest BCUT2D eigenvalue weighted by atomic mass is 16.6. The minimum Gasteiger partial charge on any atom is -0.393 e. The average Bonchev–Trinajstić information content (AvgIpc) is 2.63. The predicted octanol–water partition coefficient (Wildman–Crippen LogP) is 1.72. The van der Waals surface area contributed by atoms with Gasteiger partial charge in [0.1, 0.15) is 5.69 Å². The lowest BCUT2D eigenvalue weighted by Gasteiger charge is -2.20. The van der Waals surface area contributed by atoms with Crippen LogP contribution in [0.4, 0.5) is 11.5 Å². The van der Waals surface area contributed by atoms with Crippen LogP contribution < -0.4 is 4.90 Å². The Labute approximate surface area is 113 Å². The van der Waals surface area contributed by atoms with E-state index in [9.17, 15) is 15.2 Å². The van der Waals surface area contributed by atoms with Crippen LogP contribution in [0.1, 0.15) is 32.4 Å². The van der Waals surface area contributed by atoms with Gasteiger partial charge in [0.2, 0.25) is 5.82 Å². The summed E-state index contributed by atoms with van der Waals surface area (Å²) < 4.78 is 1.68. The van der Waals surface area contributed by atoms with Crippen molar-refractivity contribution in [2.24, 2.45) is 0 Å². The molecule has 1 aromatic rings. The third kappa shape index (κ3) is 3.66. The molecule has 0 aliphatic carbocycles. The fraction of sp³-hybridized carbons (Fsp3) is 0.750. The summed E-state index contributed by atoms with van der Waals surface area (Å²) in [6.07, 6.45) is 0.990. The van der Waals surface area contributed by atoms with Crippen molar-refractivity contribution in [3.63, 3.8) is 0 Å². The largest absolute Gasteiger partial charge is 0.393 e. The monoisotopic (exact) mass is 270 g/mol. The molecule has 0 amide bonds. The molecule has 0 fully saturated rings. The molecular weight excluding hydrogens is 248 g/mol. The molecule has 0 bridgehead atoms. The highest BCUT2D eigenvalue weighted by molar-refractivity contribution is 5.60. The van der Waals surface area contributed by atoms with Crippen LogP contribution in [0.15, 0.2) is 0 Å². The summed E-state index contributed by atoms with van der Waals surface area (Å²) in [6.45, 7) is 6.55. The summed E-state index contributed by atoms with van der Waals surface area (Å²) in [5.74, 6) is 0.519. The zero-order valence-electron chi connectivity index (χ0n) is 12.0. The van der Waals surface area contributed by atoms with Gasteiger partial charge >= 0.3 is 5.69 Å². The minimum absolute atomic E-state index is 0.0570. The highest BCUT2D eigenvalue weighted by Crippen LogP contribution is 2.31. The van der Waals surface area contributed by atoms with Crippen LogP contribution in [0.25, 0.3) is 0 Å². The first-order valence-corrected chi connectivity index (χ1v) is 6.49. The molecule has 0 spiro atoms. The van der Waals surface area contributed by atoms with Gasteiger partial charge in [-0.25, -0.2) is 4.68 Å². The van der Waals surface area contributed by atoms with Crippen molar-refractivity contribution >= 4 is 11.5 Å². The quantitative estimate of drug-likeness (QED) is 0.602. The summed E-state index contributed by atoms with van der Waals surface area (Å²) in [7, 11) is 1.79. The molecule has 108 valence electrons. The summed E-state index contributed by atoms with van der Waals surface area (Å²) in [6, 6.07) is 0. The molecule has 0 aliphatic heterocycles. The molecule has 0 saturated heterocycles. The van der Waals surface area contributed by atoms with Crippen LogP contribution in [-0.2, 0) is 6.54 Å². The van der Waals surface area contributed by atoms with E-state index in [1.165, 1.54) is 0 Å². The van der Waals surface area contributed by atoms with Gasteiger partial charge in [0.25, 0.3) is 0 Å². The Morgan fingerprint density at radius 1 is 1.58 bits per heavy atom. The number of hydrogen-bond acceptors (Lipinski definition) is 5. The number of rotatable bonds is 7. The summed E-state index contributed by atoms with van der Waals surface area (Å²) >= 11 is 0. The van der Waals surface area contributed by atoms with Crippen molar-refractivity contribution in [3.05, 3.63) is 15.8 Å². The van der Waals surface area contributed by atoms with Gasteiger partial charge in [0, 0.05) is 20.1 Å². The molecule has 0 aliphatic rings. The first-order valence-electron chi connectivity index (χ1n) is 6.49. The van der Waals surface area contributed by atoms with Crippen molar-refractivity contribution in [1.82, 2.24) is 9.78 Å². The van der Waals surface area contributed by atoms with Crippen molar-refractivity contribution in [3.8, 4) is 0 Å². The summed E-state index contributed by atoms with van der Waals surface area (Å²) in [5, 5.41) is 24.7. The van der Waals surface area contributed by atoms with Crippen molar-refractivity contribution < 1.29 is 10.0 Å². The van der Waals surface area contributed by atoms with Crippen LogP contribution in [0.2, 0.25) is 0 Å². The van der Waals surface area contributed by atoms with Gasteiger partial charge in [-0.1, -0.05) is 6.92 Å². The molecule has 1 aromatic heterocycles. The van der Waals surface area contributed by atoms with E-state index in [4.69, 9.17) is 0 Å². The maximum atomic E-state index is 11.2. The fourth-order valence-corrected chi connectivity index (χ4v) is 2.01. The minimum atomic E-state index is -0.426. The molecule has 1 rings (SSSR count). The molecule has 7 nitrogen and oxygen atoms in total. The fourth-order valence-electron chi connectivity index (χ4n) is 2.01. The third-order valence-corrected chi connectivity index (χ3v) is 2.93. The molecule has 1 heterocycles. The first kappa shape index (κ1) is 15.4. The van der Waals surface area contributed by atoms with Crippen LogP contribution in [-0.4, -0.2) is 39.5 Å². The second-order valence-electron chi connectivity index (χ2n) is 4.80. The molecule has 7 heteroatoms. The standard InChI is InChI=1S/C12H22N4O3/c1-5-7-15-12(14(4)8-6-9(2)17)11(16(18)19)10(3)13-15/h9,17H,5-8H2,1-4H3. The lowest BCUT2D eigenvalue weighted by Crippen LogP contribution is -2.25. The Bertz CT molecular complexity index is 442. The van der Waals surface area contributed by atoms with E-state index >= 15 is 0 Å². The molecule has 1 N–H and O–H groups in total. The van der Waals surface area contributed by atoms with E-state index in [0.717, 1.165) is 6.42 Å². The average molecular weight is 270 g/mol. The molecule has 1 unspecified atom stereocenters. The molecule has 19 heavy (non-hydrogen) atoms. The van der Waals surface area contributed by atoms with E-state index in [1.807, 2.05) is 6.92 Å². The van der Waals surface area contributed by atoms with Crippen molar-refractivity contribution in [2.45, 2.75) is 46.3 Å². The second kappa shape index (κ2) is 6.51. The van der Waals surface area contributed by atoms with E-state index < -0.39 is 6.10 Å². The molecular formula is C12H22N4O3. The van der Waals surface area contributed by atoms with E-state index in [1.54, 1.807) is 30.5 Å². The lowest BCUT2D eigenvalue weighted by atomic mass is 10.2. The highest BCUT2D eigenvalue weighted by Gasteiger charge is 2.27. The van der Waals surface area contributed by atoms with Crippen LogP contribution in [0.5, 0.6) is 0 Å². The topological polar surface area (TPSA) is 84.4 Å². The Morgan fingerprint density at radius 3 is 2.68 bits per heavy atom. The number of nitrogens with zero attached hydrogens (tertiary/aromatic N) is 4. The second-order valence-corrected chi connectivity index (χ2v) is 4.80. The van der Waals surface area contributed by atoms with Gasteiger partial charge in [-0.05, 0) is 26.7 Å². The first-order chi connectivity index (χ1) is 8.88. The van der Waals surface area contributed by atoms with Gasteiger partial charge in [0.05, 0.1) is 11.0 Å². The van der Waals surface area contributed by atoms with Crippen LogP contribution in [0, 0.1) is 17.0 Å². The Balaban J connectivity index is 3.09. The number of aromatic nitrogens is 2. The lowest BCUT2D eigenvalue weighted by molar-refractivity contribution is -0.384. The molecule has 0 saturated carbocycles. The van der Waals surface area contributed by atoms with Gasteiger partial charge in [-0.15, -0.1) is 0 Å². The van der Waals surface area contributed by atoms with Gasteiger partial charge in [-0.3, -0.25) is 10.1 Å². The van der Waals surface area contributed by atoms with E-state index in [-0.39, 0.29) is 10.6 Å². The van der Waals surface area contributed by atoms with Gasteiger partial charge < -0.3 is 10.0 Å².